The fraction of sp³-hybridized carbons (Fsp3) is 0.333. The molecule has 0 saturated carbocycles. The van der Waals surface area contributed by atoms with Crippen LogP contribution in [0.25, 0.3) is 10.9 Å². The van der Waals surface area contributed by atoms with Crippen molar-refractivity contribution in [3.8, 4) is 0 Å². The lowest BCUT2D eigenvalue weighted by atomic mass is 10.0. The summed E-state index contributed by atoms with van der Waals surface area (Å²) in [6, 6.07) is 6.65. The minimum atomic E-state index is 0.619. The van der Waals surface area contributed by atoms with Crippen molar-refractivity contribution >= 4 is 22.5 Å². The zero-order chi connectivity index (χ0) is 9.54. The molecule has 2 heteroatoms. The summed E-state index contributed by atoms with van der Waals surface area (Å²) in [5.74, 6) is 0.619. The Morgan fingerprint density at radius 1 is 1.36 bits per heavy atom. The lowest BCUT2D eigenvalue weighted by molar-refractivity contribution is 0.635. The van der Waals surface area contributed by atoms with Crippen molar-refractivity contribution in [1.82, 2.24) is 4.57 Å². The molecule has 3 rings (SSSR count). The predicted molar refractivity (Wildman–Crippen MR) is 59.8 cm³/mol. The highest BCUT2D eigenvalue weighted by atomic mass is 35.5. The molecule has 0 atom stereocenters. The van der Waals surface area contributed by atoms with Gasteiger partial charge in [0.05, 0.1) is 5.52 Å². The largest absolute Gasteiger partial charge is 0.347 e. The van der Waals surface area contributed by atoms with Crippen LogP contribution in [0.1, 0.15) is 17.5 Å². The van der Waals surface area contributed by atoms with E-state index in [0.717, 1.165) is 6.54 Å². The summed E-state index contributed by atoms with van der Waals surface area (Å²) in [5, 5.41) is 1.35. The molecule has 0 unspecified atom stereocenters. The maximum Gasteiger partial charge on any atom is 0.0513 e. The van der Waals surface area contributed by atoms with Crippen LogP contribution in [0.2, 0.25) is 0 Å². The number of aromatic nitrogens is 1. The molecule has 0 radical (unpaired) electrons. The maximum atomic E-state index is 5.87. The molecule has 14 heavy (non-hydrogen) atoms. The number of hydrogen-bond acceptors (Lipinski definition) is 0. The molecule has 0 aliphatic carbocycles. The standard InChI is InChI=1S/C12H12ClN/c13-8-9-6-10-2-1-4-14-5-3-11(7-9)12(10)14/h3,5-7H,1-2,4,8H2. The van der Waals surface area contributed by atoms with E-state index in [1.54, 1.807) is 0 Å². The van der Waals surface area contributed by atoms with Crippen molar-refractivity contribution < 1.29 is 0 Å². The average Bonchev–Trinajstić information content (AvgIpc) is 2.64. The van der Waals surface area contributed by atoms with Crippen molar-refractivity contribution in [2.24, 2.45) is 0 Å². The Morgan fingerprint density at radius 3 is 3.14 bits per heavy atom. The second kappa shape index (κ2) is 3.03. The van der Waals surface area contributed by atoms with Crippen LogP contribution in [0.4, 0.5) is 0 Å². The normalized spacial score (nSPS) is 14.9. The van der Waals surface area contributed by atoms with Crippen LogP contribution < -0.4 is 0 Å². The van der Waals surface area contributed by atoms with E-state index in [4.69, 9.17) is 11.6 Å². The second-order valence-electron chi connectivity index (χ2n) is 3.94. The molecule has 1 aliphatic heterocycles. The van der Waals surface area contributed by atoms with Gasteiger partial charge in [0, 0.05) is 24.0 Å². The van der Waals surface area contributed by atoms with Crippen LogP contribution in [-0.2, 0) is 18.8 Å². The fourth-order valence-corrected chi connectivity index (χ4v) is 2.56. The van der Waals surface area contributed by atoms with Crippen LogP contribution in [0.15, 0.2) is 24.4 Å². The molecule has 0 bridgehead atoms. The van der Waals surface area contributed by atoms with Gasteiger partial charge >= 0.3 is 0 Å². The van der Waals surface area contributed by atoms with E-state index in [0.29, 0.717) is 5.88 Å². The summed E-state index contributed by atoms with van der Waals surface area (Å²) in [7, 11) is 0. The monoisotopic (exact) mass is 205 g/mol. The first-order valence-corrected chi connectivity index (χ1v) is 5.58. The van der Waals surface area contributed by atoms with Gasteiger partial charge in [-0.2, -0.15) is 0 Å². The van der Waals surface area contributed by atoms with Crippen LogP contribution in [0.5, 0.6) is 0 Å². The number of benzene rings is 1. The van der Waals surface area contributed by atoms with Crippen LogP contribution in [-0.4, -0.2) is 4.57 Å². The number of rotatable bonds is 1. The molecular weight excluding hydrogens is 194 g/mol. The van der Waals surface area contributed by atoms with Crippen LogP contribution >= 0.6 is 11.6 Å². The third-order valence-corrected chi connectivity index (χ3v) is 3.31. The SMILES string of the molecule is ClCc1cc2c3c(ccn3CCC2)c1. The van der Waals surface area contributed by atoms with Crippen molar-refractivity contribution in [2.75, 3.05) is 0 Å². The summed E-state index contributed by atoms with van der Waals surface area (Å²) < 4.78 is 2.35. The summed E-state index contributed by atoms with van der Waals surface area (Å²) in [5.41, 5.74) is 4.13. The molecule has 0 spiro atoms. The number of halogens is 1. The van der Waals surface area contributed by atoms with Gasteiger partial charge in [0.25, 0.3) is 0 Å². The Kier molecular flexibility index (Phi) is 1.81. The highest BCUT2D eigenvalue weighted by Crippen LogP contribution is 2.28. The Labute approximate surface area is 88.3 Å². The van der Waals surface area contributed by atoms with E-state index in [9.17, 15) is 0 Å². The Balaban J connectivity index is 2.36. The highest BCUT2D eigenvalue weighted by Gasteiger charge is 2.12. The van der Waals surface area contributed by atoms with Gasteiger partial charge in [0.15, 0.2) is 0 Å². The van der Waals surface area contributed by atoms with Crippen LogP contribution in [0.3, 0.4) is 0 Å². The quantitative estimate of drug-likeness (QED) is 0.630. The Morgan fingerprint density at radius 2 is 2.29 bits per heavy atom. The first kappa shape index (κ1) is 8.37. The van der Waals surface area contributed by atoms with Gasteiger partial charge in [0.2, 0.25) is 0 Å². The Hall–Kier alpha value is -0.950. The first-order chi connectivity index (χ1) is 6.88. The van der Waals surface area contributed by atoms with Gasteiger partial charge in [-0.25, -0.2) is 0 Å². The lowest BCUT2D eigenvalue weighted by Gasteiger charge is -2.16. The van der Waals surface area contributed by atoms with Crippen LogP contribution in [0, 0.1) is 0 Å². The van der Waals surface area contributed by atoms with Gasteiger partial charge in [-0.15, -0.1) is 11.6 Å². The summed E-state index contributed by atoms with van der Waals surface area (Å²) >= 11 is 5.87. The molecule has 1 aliphatic rings. The molecule has 1 nitrogen and oxygen atoms in total. The number of alkyl halides is 1. The molecule has 0 saturated heterocycles. The average molecular weight is 206 g/mol. The van der Waals surface area contributed by atoms with E-state index in [-0.39, 0.29) is 0 Å². The number of nitrogens with zero attached hydrogens (tertiary/aromatic N) is 1. The highest BCUT2D eigenvalue weighted by molar-refractivity contribution is 6.17. The smallest absolute Gasteiger partial charge is 0.0513 e. The van der Waals surface area contributed by atoms with Crippen molar-refractivity contribution in [3.63, 3.8) is 0 Å². The second-order valence-corrected chi connectivity index (χ2v) is 4.21. The topological polar surface area (TPSA) is 4.93 Å². The fourth-order valence-electron chi connectivity index (χ4n) is 2.40. The molecule has 72 valence electrons. The van der Waals surface area contributed by atoms with E-state index in [2.05, 4.69) is 29.0 Å². The summed E-state index contributed by atoms with van der Waals surface area (Å²) in [4.78, 5) is 0. The number of hydrogen-bond donors (Lipinski definition) is 0. The van der Waals surface area contributed by atoms with E-state index >= 15 is 0 Å². The predicted octanol–water partition coefficient (Wildman–Crippen LogP) is 3.33. The summed E-state index contributed by atoms with van der Waals surface area (Å²) in [6.07, 6.45) is 4.64. The lowest BCUT2D eigenvalue weighted by Crippen LogP contribution is -2.06. The van der Waals surface area contributed by atoms with Crippen molar-refractivity contribution in [3.05, 3.63) is 35.5 Å². The van der Waals surface area contributed by atoms with E-state index < -0.39 is 0 Å². The van der Waals surface area contributed by atoms with Gasteiger partial charge in [-0.05, 0) is 36.1 Å². The molecule has 0 fully saturated rings. The number of aryl methyl sites for hydroxylation is 2. The summed E-state index contributed by atoms with van der Waals surface area (Å²) in [6.45, 7) is 1.16. The van der Waals surface area contributed by atoms with Crippen molar-refractivity contribution in [1.29, 1.82) is 0 Å². The van der Waals surface area contributed by atoms with E-state index in [1.165, 1.54) is 34.9 Å². The van der Waals surface area contributed by atoms with Gasteiger partial charge in [-0.3, -0.25) is 0 Å². The molecule has 1 aromatic carbocycles. The molecule has 0 amide bonds. The zero-order valence-electron chi connectivity index (χ0n) is 7.96. The zero-order valence-corrected chi connectivity index (χ0v) is 8.72. The van der Waals surface area contributed by atoms with E-state index in [1.807, 2.05) is 0 Å². The maximum absolute atomic E-state index is 5.87. The molecule has 1 aromatic heterocycles. The minimum Gasteiger partial charge on any atom is -0.347 e. The third-order valence-electron chi connectivity index (χ3n) is 3.00. The Bertz CT molecular complexity index is 484. The minimum absolute atomic E-state index is 0.619. The third kappa shape index (κ3) is 1.09. The molecular formula is C12H12ClN. The van der Waals surface area contributed by atoms with Gasteiger partial charge in [-0.1, -0.05) is 6.07 Å². The molecule has 0 N–H and O–H groups in total. The first-order valence-electron chi connectivity index (χ1n) is 5.05. The van der Waals surface area contributed by atoms with Crippen molar-refractivity contribution in [2.45, 2.75) is 25.3 Å². The molecule has 2 heterocycles. The van der Waals surface area contributed by atoms with Gasteiger partial charge in [0.1, 0.15) is 0 Å². The van der Waals surface area contributed by atoms with Gasteiger partial charge < -0.3 is 4.57 Å². The molecule has 2 aromatic rings.